The van der Waals surface area contributed by atoms with Gasteiger partial charge in [0.1, 0.15) is 84.6 Å². The monoisotopic (exact) mass is 1850 g/mol. The van der Waals surface area contributed by atoms with Crippen molar-refractivity contribution in [3.05, 3.63) is 71.9 Å². The molecule has 0 unspecified atom stereocenters. The predicted molar refractivity (Wildman–Crippen MR) is 483 cm³/mol. The minimum absolute atomic E-state index is 0.0211. The summed E-state index contributed by atoms with van der Waals surface area (Å²) in [7, 11) is 0. The second-order valence-electron chi connectivity index (χ2n) is 33.6. The van der Waals surface area contributed by atoms with Crippen molar-refractivity contribution in [2.24, 2.45) is 40.7 Å². The molecule has 15 amide bonds. The molecule has 0 aliphatic carbocycles. The normalized spacial score (nSPS) is 16.0. The summed E-state index contributed by atoms with van der Waals surface area (Å²) in [5.41, 5.74) is 24.6. The Morgan fingerprint density at radius 3 is 1.40 bits per heavy atom. The fourth-order valence-electron chi connectivity index (χ4n) is 14.3. The van der Waals surface area contributed by atoms with Crippen LogP contribution in [0.3, 0.4) is 0 Å². The summed E-state index contributed by atoms with van der Waals surface area (Å²) >= 11 is 2.54. The molecule has 1 aromatic heterocycles. The number of rotatable bonds is 61. The number of nitrogens with zero attached hydrogens (tertiary/aromatic N) is 1. The van der Waals surface area contributed by atoms with Crippen molar-refractivity contribution in [3.8, 4) is 0 Å². The SMILES string of the molecule is CSCC[C@H](NC(=O)[C@H](C)NC(=O)[C@H](CC(=O)O)NC(=O)[C@H](Cc1ccccc1)NC(=O)[C@@H](NC(=O)[C@H](CCC(N)=O)NC(=O)[C@H](CC(C)C)NC(=O)[C@@H](N)CC(C)C)[C@@H](C)O)C(=O)N[C@@H](CCCCN)C(=O)N[C@@H](CCSC)C(=O)N[C@@H](CCC(=O)O)C(=O)N[C@@H](Cc1c[nH]c2ccccc12)C(=O)N[C@@H](CC(C)C)C(=O)N1CCC[C@H]1C(=O)N[C@@H](CCCCN)C(=O)O. The van der Waals surface area contributed by atoms with E-state index in [2.05, 4.69) is 74.1 Å². The number of aromatic nitrogens is 1. The van der Waals surface area contributed by atoms with E-state index in [4.69, 9.17) is 22.9 Å². The van der Waals surface area contributed by atoms with E-state index in [0.29, 0.717) is 54.3 Å². The number of hydrogen-bond donors (Lipinski definition) is 22. The Bertz CT molecular complexity index is 4260. The maximum Gasteiger partial charge on any atom is 0.326 e. The molecule has 1 aliphatic heterocycles. The quantitative estimate of drug-likeness (QED) is 0.0288. The summed E-state index contributed by atoms with van der Waals surface area (Å²) in [4.78, 5) is 255. The average molecular weight is 1850 g/mol. The first-order valence-electron chi connectivity index (χ1n) is 43.6. The molecule has 1 saturated heterocycles. The number of aromatic amines is 1. The minimum Gasteiger partial charge on any atom is -0.481 e. The van der Waals surface area contributed by atoms with Gasteiger partial charge in [0.05, 0.1) is 18.6 Å². The largest absolute Gasteiger partial charge is 0.481 e. The van der Waals surface area contributed by atoms with Crippen LogP contribution < -0.4 is 92.1 Å². The Kier molecular flexibility index (Phi) is 48.8. The van der Waals surface area contributed by atoms with Gasteiger partial charge in [0.2, 0.25) is 88.6 Å². The number of amides is 15. The summed E-state index contributed by atoms with van der Waals surface area (Å²) in [6.45, 7) is 13.7. The molecule has 1 fully saturated rings. The number of carboxylic acid groups (broad SMARTS) is 3. The average Bonchev–Trinajstić information content (AvgIpc) is 1.61. The molecule has 1 aliphatic rings. The van der Waals surface area contributed by atoms with Gasteiger partial charge in [0.15, 0.2) is 0 Å². The number of nitrogens with one attached hydrogen (secondary N) is 14. The molecule has 4 rings (SSSR count). The number of carbonyl (C=O) groups excluding carboxylic acids is 15. The highest BCUT2D eigenvalue weighted by Gasteiger charge is 2.43. The van der Waals surface area contributed by atoms with Crippen molar-refractivity contribution in [1.29, 1.82) is 0 Å². The van der Waals surface area contributed by atoms with E-state index >= 15 is 0 Å². The lowest BCUT2D eigenvalue weighted by molar-refractivity contribution is -0.145. The smallest absolute Gasteiger partial charge is 0.326 e. The first kappa shape index (κ1) is 110. The number of fused-ring (bicyclic) bond motifs is 1. The van der Waals surface area contributed by atoms with Gasteiger partial charge in [-0.15, -0.1) is 0 Å². The molecule has 0 radical (unpaired) electrons. The van der Waals surface area contributed by atoms with Crippen LogP contribution in [0, 0.1) is 17.8 Å². The minimum atomic E-state index is -2.00. The number of carbonyl (C=O) groups is 18. The summed E-state index contributed by atoms with van der Waals surface area (Å²) < 4.78 is 0. The highest BCUT2D eigenvalue weighted by atomic mass is 32.2. The van der Waals surface area contributed by atoms with E-state index in [1.807, 2.05) is 13.8 Å². The molecule has 0 spiro atoms. The molecule has 43 heteroatoms. The number of benzene rings is 2. The van der Waals surface area contributed by atoms with Crippen molar-refractivity contribution in [3.63, 3.8) is 0 Å². The number of aliphatic carboxylic acids is 3. The maximum atomic E-state index is 15.0. The molecule has 0 bridgehead atoms. The van der Waals surface area contributed by atoms with Crippen molar-refractivity contribution < 1.29 is 107 Å². The fraction of sp³-hybridized carbons (Fsp3) is 0.628. The van der Waals surface area contributed by atoms with Crippen LogP contribution in [0.15, 0.2) is 60.8 Å². The summed E-state index contributed by atoms with van der Waals surface area (Å²) in [5.74, 6) is -18.6. The van der Waals surface area contributed by atoms with Crippen LogP contribution in [-0.2, 0) is 99.1 Å². The number of unbranched alkanes of at least 4 members (excludes halogenated alkanes) is 2. The number of carboxylic acids is 3. The van der Waals surface area contributed by atoms with E-state index in [1.54, 1.807) is 101 Å². The Labute approximate surface area is 759 Å². The first-order valence-corrected chi connectivity index (χ1v) is 46.4. The van der Waals surface area contributed by atoms with Crippen molar-refractivity contribution in [2.75, 3.05) is 43.7 Å². The van der Waals surface area contributed by atoms with Gasteiger partial charge >= 0.3 is 17.9 Å². The Balaban J connectivity index is 1.60. The number of aliphatic hydroxyl groups excluding tert-OH is 1. The Morgan fingerprint density at radius 2 is 0.884 bits per heavy atom. The van der Waals surface area contributed by atoms with Crippen molar-refractivity contribution in [2.45, 2.75) is 281 Å². The second-order valence-corrected chi connectivity index (χ2v) is 35.5. The molecule has 41 nitrogen and oxygen atoms in total. The van der Waals surface area contributed by atoms with E-state index < -0.39 is 235 Å². The van der Waals surface area contributed by atoms with Crippen LogP contribution in [0.25, 0.3) is 10.9 Å². The topological polar surface area (TPSA) is 668 Å². The third-order valence-corrected chi connectivity index (χ3v) is 22.5. The van der Waals surface area contributed by atoms with Crippen LogP contribution in [0.2, 0.25) is 0 Å². The van der Waals surface area contributed by atoms with Crippen LogP contribution in [0.1, 0.15) is 182 Å². The lowest BCUT2D eigenvalue weighted by Crippen LogP contribution is -2.62. The molecular weight excluding hydrogens is 1720 g/mol. The van der Waals surface area contributed by atoms with Gasteiger partial charge in [-0.2, -0.15) is 23.5 Å². The van der Waals surface area contributed by atoms with E-state index in [1.165, 1.54) is 35.3 Å². The van der Waals surface area contributed by atoms with Gasteiger partial charge in [-0.25, -0.2) is 4.79 Å². The molecule has 26 N–H and O–H groups in total. The first-order chi connectivity index (χ1) is 61.0. The number of thioether (sulfide) groups is 2. The molecule has 2 heterocycles. The number of nitrogens with two attached hydrogens (primary N) is 4. The van der Waals surface area contributed by atoms with Gasteiger partial charge in [-0.3, -0.25) is 81.5 Å². The van der Waals surface area contributed by atoms with Crippen LogP contribution in [0.4, 0.5) is 0 Å². The Morgan fingerprint density at radius 1 is 0.450 bits per heavy atom. The number of aliphatic hydroxyl groups is 1. The molecule has 129 heavy (non-hydrogen) atoms. The Hall–Kier alpha value is -11.0. The van der Waals surface area contributed by atoms with E-state index in [0.717, 1.165) is 6.92 Å². The fourth-order valence-corrected chi connectivity index (χ4v) is 15.3. The lowest BCUT2D eigenvalue weighted by Gasteiger charge is -2.31. The van der Waals surface area contributed by atoms with Crippen LogP contribution >= 0.6 is 23.5 Å². The molecule has 0 saturated carbocycles. The van der Waals surface area contributed by atoms with Gasteiger partial charge in [0.25, 0.3) is 0 Å². The number of likely N-dealkylation sites (tertiary alicyclic amines) is 1. The maximum absolute atomic E-state index is 15.0. The zero-order chi connectivity index (χ0) is 96.3. The van der Waals surface area contributed by atoms with Gasteiger partial charge in [-0.1, -0.05) is 90.1 Å². The summed E-state index contributed by atoms with van der Waals surface area (Å²) in [6.07, 6.45) is 1.62. The third kappa shape index (κ3) is 39.1. The second kappa shape index (κ2) is 57.1. The highest BCUT2D eigenvalue weighted by molar-refractivity contribution is 7.98. The van der Waals surface area contributed by atoms with Gasteiger partial charge in [0, 0.05) is 49.3 Å². The standard InChI is InChI=1S/C86H135N19O22S2/c1-46(2)39-54(89)73(113)99-62(40-47(3)4)80(120)96-57(28-30-68(90)107)78(118)104-71(50(8)106)84(124)102-63(42-51-21-12-11-13-22-51)81(121)101-65(44-70(110)111)79(119)92-49(7)72(112)93-59(32-37-128-9)76(116)94-56(25-16-18-34-87)74(114)97-60(33-38-129-10)77(117)95-58(29-31-69(108)109)75(115)100-64(43-52-45-91-55-24-15-14-23-53(52)55)82(122)103-66(41-48(5)6)85(125)105-36-20-27-67(105)83(123)98-61(86(126)127)26-17-19-35-88/h11-15,21-24,45-50,54,56-67,71,91,106H,16-20,25-44,87-89H2,1-10H3,(H2,90,107)(H,92,119)(H,93,112)(H,94,116)(H,95,117)(H,96,120)(H,97,114)(H,98,123)(H,99,113)(H,100,115)(H,101,121)(H,102,124)(H,103,122)(H,104,118)(H,108,109)(H,110,111)(H,126,127)/t49-,50+,54-,56-,57-,58-,59-,60-,61-,62-,63-,64-,65-,66-,67-,71-/m0/s1. The number of primary amides is 1. The number of hydrogen-bond acceptors (Lipinski definition) is 24. The number of H-pyrrole nitrogens is 1. The van der Waals surface area contributed by atoms with Gasteiger partial charge in [-0.05, 0) is 182 Å². The van der Waals surface area contributed by atoms with Crippen LogP contribution in [-0.4, -0.2) is 277 Å². The number of para-hydroxylation sites is 1. The zero-order valence-corrected chi connectivity index (χ0v) is 76.8. The lowest BCUT2D eigenvalue weighted by atomic mass is 9.99. The molecule has 3 aromatic rings. The molecule has 2 aromatic carbocycles. The highest BCUT2D eigenvalue weighted by Crippen LogP contribution is 2.24. The van der Waals surface area contributed by atoms with Crippen molar-refractivity contribution >= 4 is 141 Å². The summed E-state index contributed by atoms with van der Waals surface area (Å²) in [6, 6.07) is -7.45. The van der Waals surface area contributed by atoms with Crippen LogP contribution in [0.5, 0.6) is 0 Å². The third-order valence-electron chi connectivity index (χ3n) is 21.3. The molecule has 718 valence electrons. The predicted octanol–water partition coefficient (Wildman–Crippen LogP) is -1.43. The molecular formula is C86H135N19O22S2. The molecule has 16 atom stereocenters. The zero-order valence-electron chi connectivity index (χ0n) is 75.1. The van der Waals surface area contributed by atoms with Crippen molar-refractivity contribution in [1.82, 2.24) is 79.0 Å². The van der Waals surface area contributed by atoms with Gasteiger partial charge < -0.3 is 122 Å². The summed E-state index contributed by atoms with van der Waals surface area (Å²) in [5, 5.41) is 74.9. The van der Waals surface area contributed by atoms with E-state index in [9.17, 15) is 107 Å². The van der Waals surface area contributed by atoms with E-state index in [-0.39, 0.29) is 113 Å².